The molecule has 6 heteroatoms. The maximum Gasteiger partial charge on any atom is 0.401 e. The van der Waals surface area contributed by atoms with Crippen molar-refractivity contribution in [3.05, 3.63) is 34.1 Å². The van der Waals surface area contributed by atoms with Gasteiger partial charge in [0.2, 0.25) is 0 Å². The molecule has 0 amide bonds. The van der Waals surface area contributed by atoms with Crippen LogP contribution in [0.1, 0.15) is 12.5 Å². The van der Waals surface area contributed by atoms with Crippen molar-refractivity contribution < 1.29 is 17.6 Å². The first kappa shape index (κ1) is 14.4. The van der Waals surface area contributed by atoms with Crippen LogP contribution in [-0.2, 0) is 6.54 Å². The summed E-state index contributed by atoms with van der Waals surface area (Å²) in [7, 11) is 0. The van der Waals surface area contributed by atoms with Crippen molar-refractivity contribution in [2.75, 3.05) is 13.1 Å². The zero-order chi connectivity index (χ0) is 13.1. The van der Waals surface area contributed by atoms with Crippen molar-refractivity contribution >= 4 is 15.9 Å². The third-order valence-electron chi connectivity index (χ3n) is 2.24. The van der Waals surface area contributed by atoms with Gasteiger partial charge in [0, 0.05) is 6.54 Å². The van der Waals surface area contributed by atoms with Gasteiger partial charge in [-0.15, -0.1) is 0 Å². The third-order valence-corrected chi connectivity index (χ3v) is 2.88. The second-order valence-electron chi connectivity index (χ2n) is 3.67. The molecule has 1 nitrogen and oxygen atoms in total. The molecule has 0 spiro atoms. The quantitative estimate of drug-likeness (QED) is 0.760. The Morgan fingerprint density at radius 2 is 1.94 bits per heavy atom. The van der Waals surface area contributed by atoms with E-state index in [1.165, 1.54) is 17.0 Å². The molecule has 96 valence electrons. The van der Waals surface area contributed by atoms with Gasteiger partial charge in [-0.3, -0.25) is 4.90 Å². The average molecular weight is 314 g/mol. The van der Waals surface area contributed by atoms with E-state index in [0.29, 0.717) is 10.0 Å². The molecule has 0 bridgehead atoms. The molecule has 0 atom stereocenters. The van der Waals surface area contributed by atoms with Gasteiger partial charge in [-0.1, -0.05) is 13.0 Å². The fraction of sp³-hybridized carbons (Fsp3) is 0.455. The highest BCUT2D eigenvalue weighted by molar-refractivity contribution is 9.10. The van der Waals surface area contributed by atoms with Crippen molar-refractivity contribution in [1.29, 1.82) is 0 Å². The van der Waals surface area contributed by atoms with Crippen molar-refractivity contribution in [2.24, 2.45) is 0 Å². The van der Waals surface area contributed by atoms with Crippen molar-refractivity contribution in [1.82, 2.24) is 4.90 Å². The lowest BCUT2D eigenvalue weighted by atomic mass is 10.2. The largest absolute Gasteiger partial charge is 0.401 e. The van der Waals surface area contributed by atoms with E-state index in [0.717, 1.165) is 0 Å². The number of nitrogens with zero attached hydrogens (tertiary/aromatic N) is 1. The Labute approximate surface area is 106 Å². The van der Waals surface area contributed by atoms with Gasteiger partial charge >= 0.3 is 6.18 Å². The molecule has 0 aliphatic rings. The van der Waals surface area contributed by atoms with Gasteiger partial charge in [0.15, 0.2) is 0 Å². The van der Waals surface area contributed by atoms with Crippen LogP contribution in [-0.4, -0.2) is 24.2 Å². The van der Waals surface area contributed by atoms with Crippen LogP contribution in [0.2, 0.25) is 0 Å². The summed E-state index contributed by atoms with van der Waals surface area (Å²) in [4.78, 5) is 1.21. The molecule has 0 radical (unpaired) electrons. The molecule has 0 unspecified atom stereocenters. The van der Waals surface area contributed by atoms with Gasteiger partial charge < -0.3 is 0 Å². The normalized spacial score (nSPS) is 12.2. The van der Waals surface area contributed by atoms with E-state index >= 15 is 0 Å². The maximum absolute atomic E-state index is 13.2. The highest BCUT2D eigenvalue weighted by Crippen LogP contribution is 2.20. The summed E-state index contributed by atoms with van der Waals surface area (Å²) in [5.41, 5.74) is 0.525. The topological polar surface area (TPSA) is 3.24 Å². The number of halogens is 5. The van der Waals surface area contributed by atoms with E-state index in [2.05, 4.69) is 15.9 Å². The summed E-state index contributed by atoms with van der Waals surface area (Å²) < 4.78 is 50.1. The van der Waals surface area contributed by atoms with Crippen molar-refractivity contribution in [3.63, 3.8) is 0 Å². The van der Waals surface area contributed by atoms with Crippen molar-refractivity contribution in [2.45, 2.75) is 19.6 Å². The molecule has 0 heterocycles. The molecule has 1 aromatic carbocycles. The fourth-order valence-corrected chi connectivity index (χ4v) is 1.68. The van der Waals surface area contributed by atoms with E-state index < -0.39 is 18.5 Å². The van der Waals surface area contributed by atoms with E-state index in [1.807, 2.05) is 0 Å². The molecule has 17 heavy (non-hydrogen) atoms. The molecule has 0 aliphatic heterocycles. The molecule has 1 aromatic rings. The lowest BCUT2D eigenvalue weighted by Gasteiger charge is -2.21. The summed E-state index contributed by atoms with van der Waals surface area (Å²) >= 11 is 2.99. The fourth-order valence-electron chi connectivity index (χ4n) is 1.43. The Kier molecular flexibility index (Phi) is 4.94. The molecule has 0 N–H and O–H groups in total. The highest BCUT2D eigenvalue weighted by atomic mass is 79.9. The molecule has 0 saturated heterocycles. The smallest absolute Gasteiger partial charge is 0.291 e. The van der Waals surface area contributed by atoms with Crippen LogP contribution in [0.5, 0.6) is 0 Å². The minimum Gasteiger partial charge on any atom is -0.291 e. The lowest BCUT2D eigenvalue weighted by Crippen LogP contribution is -2.33. The Bertz CT molecular complexity index is 378. The van der Waals surface area contributed by atoms with Gasteiger partial charge in [0.05, 0.1) is 11.0 Å². The predicted molar refractivity (Wildman–Crippen MR) is 61.1 cm³/mol. The van der Waals surface area contributed by atoms with Crippen molar-refractivity contribution in [3.8, 4) is 0 Å². The molecular formula is C11H12BrF4N. The Morgan fingerprint density at radius 1 is 1.29 bits per heavy atom. The van der Waals surface area contributed by atoms with Gasteiger partial charge in [-0.2, -0.15) is 13.2 Å². The molecular weight excluding hydrogens is 302 g/mol. The second-order valence-corrected chi connectivity index (χ2v) is 4.52. The summed E-state index contributed by atoms with van der Waals surface area (Å²) in [5.74, 6) is -0.467. The summed E-state index contributed by atoms with van der Waals surface area (Å²) in [6.07, 6.45) is -4.23. The van der Waals surface area contributed by atoms with Gasteiger partial charge in [-0.25, -0.2) is 4.39 Å². The Morgan fingerprint density at radius 3 is 2.41 bits per heavy atom. The van der Waals surface area contributed by atoms with Gasteiger partial charge in [0.25, 0.3) is 0 Å². The number of hydrogen-bond acceptors (Lipinski definition) is 1. The van der Waals surface area contributed by atoms with Crippen LogP contribution in [0, 0.1) is 5.82 Å². The molecule has 0 aromatic heterocycles. The molecule has 1 rings (SSSR count). The molecule has 0 fully saturated rings. The van der Waals surface area contributed by atoms with E-state index in [1.54, 1.807) is 13.0 Å². The average Bonchev–Trinajstić information content (AvgIpc) is 2.20. The highest BCUT2D eigenvalue weighted by Gasteiger charge is 2.30. The van der Waals surface area contributed by atoms with Gasteiger partial charge in [-0.05, 0) is 40.2 Å². The number of rotatable bonds is 4. The van der Waals surface area contributed by atoms with E-state index in [9.17, 15) is 17.6 Å². The lowest BCUT2D eigenvalue weighted by molar-refractivity contribution is -0.146. The SMILES string of the molecule is CCN(Cc1ccc(Br)c(F)c1)CC(F)(F)F. The zero-order valence-electron chi connectivity index (χ0n) is 9.19. The van der Waals surface area contributed by atoms with Crippen LogP contribution in [0.3, 0.4) is 0 Å². The van der Waals surface area contributed by atoms with Crippen LogP contribution >= 0.6 is 15.9 Å². The monoisotopic (exact) mass is 313 g/mol. The number of hydrogen-bond donors (Lipinski definition) is 0. The summed E-state index contributed by atoms with van der Waals surface area (Å²) in [6, 6.07) is 4.33. The van der Waals surface area contributed by atoms with Crippen LogP contribution in [0.4, 0.5) is 17.6 Å². The van der Waals surface area contributed by atoms with Crippen LogP contribution < -0.4 is 0 Å². The van der Waals surface area contributed by atoms with E-state index in [4.69, 9.17) is 0 Å². The second kappa shape index (κ2) is 5.82. The Balaban J connectivity index is 2.70. The van der Waals surface area contributed by atoms with E-state index in [-0.39, 0.29) is 13.1 Å². The Hall–Kier alpha value is -0.620. The summed E-state index contributed by atoms with van der Waals surface area (Å²) in [5, 5.41) is 0. The predicted octanol–water partition coefficient (Wildman–Crippen LogP) is 3.97. The standard InChI is InChI=1S/C11H12BrF4N/c1-2-17(7-11(14,15)16)6-8-3-4-9(12)10(13)5-8/h3-5H,2,6-7H2,1H3. The number of alkyl halides is 3. The molecule has 0 saturated carbocycles. The minimum absolute atomic E-state index is 0.0835. The molecule has 0 aliphatic carbocycles. The maximum atomic E-state index is 13.2. The summed E-state index contributed by atoms with van der Waals surface area (Å²) in [6.45, 7) is 1.000. The van der Waals surface area contributed by atoms with Crippen LogP contribution in [0.25, 0.3) is 0 Å². The first-order chi connectivity index (χ1) is 7.81. The first-order valence-corrected chi connectivity index (χ1v) is 5.84. The van der Waals surface area contributed by atoms with Crippen LogP contribution in [0.15, 0.2) is 22.7 Å². The first-order valence-electron chi connectivity index (χ1n) is 5.05. The minimum atomic E-state index is -4.23. The zero-order valence-corrected chi connectivity index (χ0v) is 10.8. The van der Waals surface area contributed by atoms with Gasteiger partial charge in [0.1, 0.15) is 5.82 Å². The third kappa shape index (κ3) is 5.04. The number of benzene rings is 1.